The van der Waals surface area contributed by atoms with Crippen molar-refractivity contribution in [3.05, 3.63) is 37.5 Å². The zero-order valence-electron chi connectivity index (χ0n) is 8.25. The average Bonchev–Trinajstić information content (AvgIpc) is 2.15. The minimum Gasteiger partial charge on any atom is -0.332 e. The van der Waals surface area contributed by atoms with Crippen molar-refractivity contribution in [3.63, 3.8) is 0 Å². The molecule has 0 saturated carbocycles. The van der Waals surface area contributed by atoms with Crippen LogP contribution >= 0.6 is 0 Å². The van der Waals surface area contributed by atoms with Gasteiger partial charge >= 0.3 is 0 Å². The van der Waals surface area contributed by atoms with E-state index in [0.717, 1.165) is 0 Å². The van der Waals surface area contributed by atoms with E-state index in [1.54, 1.807) is 17.1 Å². The molecular weight excluding hydrogens is 162 g/mol. The third-order valence-electron chi connectivity index (χ3n) is 1.72. The van der Waals surface area contributed by atoms with Crippen LogP contribution < -0.4 is 0 Å². The highest BCUT2D eigenvalue weighted by atomic mass is 16.2. The molecule has 0 saturated heterocycles. The second kappa shape index (κ2) is 6.23. The van der Waals surface area contributed by atoms with Crippen LogP contribution in [0.5, 0.6) is 0 Å². The second-order valence-corrected chi connectivity index (χ2v) is 2.74. The van der Waals surface area contributed by atoms with Crippen LogP contribution in [-0.4, -0.2) is 23.9 Å². The maximum atomic E-state index is 11.6. The fraction of sp³-hybridized carbons (Fsp3) is 0.364. The van der Waals surface area contributed by atoms with Crippen LogP contribution in [0.1, 0.15) is 13.3 Å². The number of nitrogens with zero attached hydrogens (tertiary/aromatic N) is 1. The summed E-state index contributed by atoms with van der Waals surface area (Å²) in [6.07, 6.45) is 4.08. The topological polar surface area (TPSA) is 20.3 Å². The number of carbonyl (C=O) groups is 1. The summed E-state index contributed by atoms with van der Waals surface area (Å²) in [6.45, 7) is 13.9. The summed E-state index contributed by atoms with van der Waals surface area (Å²) >= 11 is 0. The first kappa shape index (κ1) is 11.7. The van der Waals surface area contributed by atoms with Crippen LogP contribution in [0.15, 0.2) is 37.5 Å². The summed E-state index contributed by atoms with van der Waals surface area (Å²) in [5.41, 5.74) is 0.628. The van der Waals surface area contributed by atoms with Crippen molar-refractivity contribution < 1.29 is 4.79 Å². The Bertz CT molecular complexity index is 208. The van der Waals surface area contributed by atoms with Gasteiger partial charge in [-0.1, -0.05) is 25.7 Å². The molecule has 0 radical (unpaired) electrons. The summed E-state index contributed by atoms with van der Waals surface area (Å²) in [6, 6.07) is 0. The molecule has 0 aliphatic heterocycles. The van der Waals surface area contributed by atoms with Gasteiger partial charge in [-0.25, -0.2) is 0 Å². The van der Waals surface area contributed by atoms with Crippen molar-refractivity contribution >= 4 is 5.91 Å². The Morgan fingerprint density at radius 3 is 2.08 bits per heavy atom. The lowest BCUT2D eigenvalue weighted by molar-refractivity contribution is -0.126. The fourth-order valence-corrected chi connectivity index (χ4v) is 0.927. The van der Waals surface area contributed by atoms with Crippen LogP contribution in [0.3, 0.4) is 0 Å². The van der Waals surface area contributed by atoms with Gasteiger partial charge in [-0.3, -0.25) is 4.79 Å². The highest BCUT2D eigenvalue weighted by Gasteiger charge is 2.11. The van der Waals surface area contributed by atoms with Gasteiger partial charge in [0, 0.05) is 18.7 Å². The zero-order chi connectivity index (χ0) is 10.3. The Kier molecular flexibility index (Phi) is 5.60. The van der Waals surface area contributed by atoms with Gasteiger partial charge < -0.3 is 4.90 Å². The van der Waals surface area contributed by atoms with E-state index >= 15 is 0 Å². The van der Waals surface area contributed by atoms with E-state index in [1.807, 2.05) is 6.92 Å². The van der Waals surface area contributed by atoms with Crippen molar-refractivity contribution in [3.8, 4) is 0 Å². The molecule has 0 aliphatic rings. The normalized spacial score (nSPS) is 9.00. The number of carbonyl (C=O) groups excluding carboxylic acids is 1. The molecule has 0 unspecified atom stereocenters. The van der Waals surface area contributed by atoms with Crippen LogP contribution in [0.25, 0.3) is 0 Å². The highest BCUT2D eigenvalue weighted by Crippen LogP contribution is 2.03. The molecule has 2 nitrogen and oxygen atoms in total. The highest BCUT2D eigenvalue weighted by molar-refractivity contribution is 5.92. The lowest BCUT2D eigenvalue weighted by Gasteiger charge is -2.19. The first-order valence-corrected chi connectivity index (χ1v) is 4.36. The summed E-state index contributed by atoms with van der Waals surface area (Å²) in [5.74, 6) is -0.0118. The zero-order valence-corrected chi connectivity index (χ0v) is 8.25. The van der Waals surface area contributed by atoms with E-state index in [4.69, 9.17) is 0 Å². The van der Waals surface area contributed by atoms with Crippen LogP contribution in [0.4, 0.5) is 0 Å². The van der Waals surface area contributed by atoms with E-state index in [-0.39, 0.29) is 5.91 Å². The number of amides is 1. The molecule has 1 amide bonds. The van der Waals surface area contributed by atoms with E-state index in [9.17, 15) is 4.79 Å². The Hall–Kier alpha value is -1.31. The third kappa shape index (κ3) is 3.74. The molecule has 0 fully saturated rings. The first-order valence-electron chi connectivity index (χ1n) is 4.36. The summed E-state index contributed by atoms with van der Waals surface area (Å²) < 4.78 is 0. The van der Waals surface area contributed by atoms with Crippen LogP contribution in [0.2, 0.25) is 0 Å². The molecular formula is C11H17NO. The molecule has 13 heavy (non-hydrogen) atoms. The molecule has 0 aromatic carbocycles. The summed E-state index contributed by atoms with van der Waals surface area (Å²) in [7, 11) is 0. The van der Waals surface area contributed by atoms with Crippen LogP contribution in [-0.2, 0) is 4.79 Å². The Morgan fingerprint density at radius 1 is 1.31 bits per heavy atom. The van der Waals surface area contributed by atoms with Crippen LogP contribution in [0, 0.1) is 0 Å². The number of rotatable bonds is 6. The molecule has 2 heteroatoms. The lowest BCUT2D eigenvalue weighted by Crippen LogP contribution is -2.32. The van der Waals surface area contributed by atoms with Gasteiger partial charge in [-0.2, -0.15) is 0 Å². The quantitative estimate of drug-likeness (QED) is 0.452. The van der Waals surface area contributed by atoms with E-state index in [1.165, 1.54) is 0 Å². The monoisotopic (exact) mass is 179 g/mol. The molecule has 0 N–H and O–H groups in total. The number of hydrogen-bond donors (Lipinski definition) is 0. The van der Waals surface area contributed by atoms with Crippen molar-refractivity contribution in [1.29, 1.82) is 0 Å². The molecule has 0 atom stereocenters. The average molecular weight is 179 g/mol. The van der Waals surface area contributed by atoms with Gasteiger partial charge in [-0.05, 0) is 6.42 Å². The molecule has 0 rings (SSSR count). The summed E-state index contributed by atoms with van der Waals surface area (Å²) in [5, 5.41) is 0. The predicted octanol–water partition coefficient (Wildman–Crippen LogP) is 2.15. The number of hydrogen-bond acceptors (Lipinski definition) is 1. The Labute approximate surface area is 80.2 Å². The molecule has 72 valence electrons. The van der Waals surface area contributed by atoms with Crippen molar-refractivity contribution in [2.45, 2.75) is 13.3 Å². The van der Waals surface area contributed by atoms with Gasteiger partial charge in [0.2, 0.25) is 5.91 Å². The lowest BCUT2D eigenvalue weighted by atomic mass is 10.2. The maximum Gasteiger partial charge on any atom is 0.249 e. The third-order valence-corrected chi connectivity index (χ3v) is 1.72. The fourth-order valence-electron chi connectivity index (χ4n) is 0.927. The van der Waals surface area contributed by atoms with Crippen molar-refractivity contribution in [1.82, 2.24) is 4.90 Å². The van der Waals surface area contributed by atoms with Gasteiger partial charge in [0.1, 0.15) is 0 Å². The van der Waals surface area contributed by atoms with E-state index in [2.05, 4.69) is 19.7 Å². The van der Waals surface area contributed by atoms with E-state index < -0.39 is 0 Å². The molecule has 0 aliphatic carbocycles. The SMILES string of the molecule is C=CCN(CC=C)C(=O)C(=C)CC. The Morgan fingerprint density at radius 2 is 1.77 bits per heavy atom. The Balaban J connectivity index is 4.34. The predicted molar refractivity (Wildman–Crippen MR) is 56.4 cm³/mol. The van der Waals surface area contributed by atoms with Crippen molar-refractivity contribution in [2.75, 3.05) is 13.1 Å². The van der Waals surface area contributed by atoms with E-state index in [0.29, 0.717) is 25.1 Å². The molecule has 0 bridgehead atoms. The van der Waals surface area contributed by atoms with Gasteiger partial charge in [0.05, 0.1) is 0 Å². The molecule has 0 spiro atoms. The minimum atomic E-state index is -0.0118. The van der Waals surface area contributed by atoms with Gasteiger partial charge in [-0.15, -0.1) is 13.2 Å². The second-order valence-electron chi connectivity index (χ2n) is 2.74. The minimum absolute atomic E-state index is 0.0118. The molecule has 0 heterocycles. The van der Waals surface area contributed by atoms with Gasteiger partial charge in [0.15, 0.2) is 0 Å². The smallest absolute Gasteiger partial charge is 0.249 e. The van der Waals surface area contributed by atoms with Crippen molar-refractivity contribution in [2.24, 2.45) is 0 Å². The largest absolute Gasteiger partial charge is 0.332 e. The van der Waals surface area contributed by atoms with Gasteiger partial charge in [0.25, 0.3) is 0 Å². The maximum absolute atomic E-state index is 11.6. The summed E-state index contributed by atoms with van der Waals surface area (Å²) in [4.78, 5) is 13.2. The first-order chi connectivity index (χ1) is 6.17. The molecule has 0 aromatic rings. The standard InChI is InChI=1S/C11H17NO/c1-5-8-12(9-6-2)11(13)10(4)7-3/h5-6H,1-2,4,7-9H2,3H3. The molecule has 0 aromatic heterocycles.